The zero-order valence-corrected chi connectivity index (χ0v) is 15.3. The van der Waals surface area contributed by atoms with E-state index in [0.29, 0.717) is 43.2 Å². The maximum atomic E-state index is 13.1. The summed E-state index contributed by atoms with van der Waals surface area (Å²) in [7, 11) is 0. The van der Waals surface area contributed by atoms with E-state index in [9.17, 15) is 18.8 Å². The van der Waals surface area contributed by atoms with Crippen molar-refractivity contribution in [2.75, 3.05) is 31.1 Å². The van der Waals surface area contributed by atoms with Gasteiger partial charge in [0.1, 0.15) is 17.7 Å². The van der Waals surface area contributed by atoms with Crippen LogP contribution in [0, 0.1) is 23.0 Å². The normalized spacial score (nSPS) is 14.0. The number of aromatic nitrogens is 1. The number of halogens is 2. The first-order valence-electron chi connectivity index (χ1n) is 9.02. The van der Waals surface area contributed by atoms with Crippen molar-refractivity contribution in [1.82, 2.24) is 9.88 Å². The second-order valence-electron chi connectivity index (χ2n) is 6.58. The molecule has 0 unspecified atom stereocenters. The number of amides is 1. The molecule has 0 atom stereocenters. The van der Waals surface area contributed by atoms with Crippen LogP contribution in [0.5, 0.6) is 0 Å². The Morgan fingerprint density at radius 3 is 2.14 bits per heavy atom. The molecule has 2 heterocycles. The molecule has 0 saturated carbocycles. The number of hydrogen-bond acceptors (Lipinski definition) is 5. The van der Waals surface area contributed by atoms with Gasteiger partial charge in [0.15, 0.2) is 0 Å². The van der Waals surface area contributed by atoms with Gasteiger partial charge in [0, 0.05) is 37.3 Å². The van der Waals surface area contributed by atoms with E-state index in [1.807, 2.05) is 11.0 Å². The Hall–Kier alpha value is -3.73. The monoisotopic (exact) mass is 394 g/mol. The Balaban J connectivity index is 1.48. The van der Waals surface area contributed by atoms with Crippen LogP contribution in [0.25, 0.3) is 11.5 Å². The molecule has 29 heavy (non-hydrogen) atoms. The highest BCUT2D eigenvalue weighted by atomic mass is 19.1. The van der Waals surface area contributed by atoms with Gasteiger partial charge in [0.05, 0.1) is 0 Å². The SMILES string of the molecule is N#Cc1nc(-c2ccc(F)cc2)oc1N1CCN(C(=O)c2ccc(F)cc2)CC1. The van der Waals surface area contributed by atoms with Crippen LogP contribution in [0.1, 0.15) is 16.1 Å². The lowest BCUT2D eigenvalue weighted by Crippen LogP contribution is -2.48. The lowest BCUT2D eigenvalue weighted by Gasteiger charge is -2.34. The average Bonchev–Trinajstić information content (AvgIpc) is 3.19. The summed E-state index contributed by atoms with van der Waals surface area (Å²) >= 11 is 0. The Labute approximate surface area is 165 Å². The largest absolute Gasteiger partial charge is 0.419 e. The Morgan fingerprint density at radius 1 is 0.966 bits per heavy atom. The molecule has 6 nitrogen and oxygen atoms in total. The molecule has 4 rings (SSSR count). The van der Waals surface area contributed by atoms with Gasteiger partial charge in [0.25, 0.3) is 5.91 Å². The molecule has 0 N–H and O–H groups in total. The predicted molar refractivity (Wildman–Crippen MR) is 101 cm³/mol. The summed E-state index contributed by atoms with van der Waals surface area (Å²) in [5, 5.41) is 9.41. The molecule has 1 saturated heterocycles. The number of carbonyl (C=O) groups excluding carboxylic acids is 1. The number of rotatable bonds is 3. The zero-order valence-electron chi connectivity index (χ0n) is 15.3. The van der Waals surface area contributed by atoms with Crippen molar-refractivity contribution in [3.63, 3.8) is 0 Å². The number of hydrogen-bond donors (Lipinski definition) is 0. The van der Waals surface area contributed by atoms with Gasteiger partial charge >= 0.3 is 0 Å². The molecule has 1 amide bonds. The smallest absolute Gasteiger partial charge is 0.253 e. The van der Waals surface area contributed by atoms with Gasteiger partial charge in [0.2, 0.25) is 17.5 Å². The maximum absolute atomic E-state index is 13.1. The summed E-state index contributed by atoms with van der Waals surface area (Å²) in [5.74, 6) is -0.363. The van der Waals surface area contributed by atoms with Crippen LogP contribution in [0.4, 0.5) is 14.7 Å². The highest BCUT2D eigenvalue weighted by Gasteiger charge is 2.27. The quantitative estimate of drug-likeness (QED) is 0.680. The Morgan fingerprint density at radius 2 is 1.55 bits per heavy atom. The molecule has 1 aliphatic rings. The van der Waals surface area contributed by atoms with E-state index in [2.05, 4.69) is 4.98 Å². The summed E-state index contributed by atoms with van der Waals surface area (Å²) in [6.45, 7) is 1.76. The van der Waals surface area contributed by atoms with Crippen molar-refractivity contribution in [2.45, 2.75) is 0 Å². The first kappa shape index (κ1) is 18.6. The van der Waals surface area contributed by atoms with Crippen LogP contribution < -0.4 is 4.90 Å². The maximum Gasteiger partial charge on any atom is 0.253 e. The number of nitrogens with zero attached hydrogens (tertiary/aromatic N) is 4. The van der Waals surface area contributed by atoms with Crippen molar-refractivity contribution >= 4 is 11.8 Å². The van der Waals surface area contributed by atoms with Crippen molar-refractivity contribution in [3.05, 3.63) is 71.4 Å². The molecule has 1 aliphatic heterocycles. The zero-order chi connectivity index (χ0) is 20.4. The average molecular weight is 394 g/mol. The fraction of sp³-hybridized carbons (Fsp3) is 0.190. The molecular formula is C21H16F2N4O2. The van der Waals surface area contributed by atoms with E-state index in [1.165, 1.54) is 48.5 Å². The highest BCUT2D eigenvalue weighted by Crippen LogP contribution is 2.29. The second kappa shape index (κ2) is 7.72. The molecule has 0 radical (unpaired) electrons. The lowest BCUT2D eigenvalue weighted by atomic mass is 10.2. The molecule has 0 bridgehead atoms. The first-order valence-corrected chi connectivity index (χ1v) is 9.02. The first-order chi connectivity index (χ1) is 14.0. The van der Waals surface area contributed by atoms with Gasteiger partial charge in [-0.1, -0.05) is 0 Å². The van der Waals surface area contributed by atoms with Crippen molar-refractivity contribution in [2.24, 2.45) is 0 Å². The van der Waals surface area contributed by atoms with Crippen molar-refractivity contribution in [3.8, 4) is 17.5 Å². The van der Waals surface area contributed by atoms with E-state index in [1.54, 1.807) is 4.90 Å². The van der Waals surface area contributed by atoms with Gasteiger partial charge in [-0.25, -0.2) is 8.78 Å². The molecule has 0 spiro atoms. The van der Waals surface area contributed by atoms with E-state index < -0.39 is 5.82 Å². The van der Waals surface area contributed by atoms with Gasteiger partial charge in [-0.3, -0.25) is 4.79 Å². The van der Waals surface area contributed by atoms with E-state index >= 15 is 0 Å². The Kier molecular flexibility index (Phi) is 4.96. The lowest BCUT2D eigenvalue weighted by molar-refractivity contribution is 0.0745. The van der Waals surface area contributed by atoms with Crippen LogP contribution in [0.2, 0.25) is 0 Å². The molecule has 8 heteroatoms. The van der Waals surface area contributed by atoms with Crippen LogP contribution >= 0.6 is 0 Å². The number of oxazole rings is 1. The fourth-order valence-electron chi connectivity index (χ4n) is 3.20. The van der Waals surface area contributed by atoms with Gasteiger partial charge in [-0.2, -0.15) is 10.2 Å². The molecule has 1 fully saturated rings. The van der Waals surface area contributed by atoms with Crippen molar-refractivity contribution in [1.29, 1.82) is 5.26 Å². The molecule has 3 aromatic rings. The minimum absolute atomic E-state index is 0.141. The number of carbonyl (C=O) groups is 1. The molecule has 1 aromatic heterocycles. The van der Waals surface area contributed by atoms with Gasteiger partial charge in [-0.15, -0.1) is 0 Å². The van der Waals surface area contributed by atoms with Crippen LogP contribution in [0.15, 0.2) is 52.9 Å². The van der Waals surface area contributed by atoms with E-state index in [4.69, 9.17) is 4.42 Å². The summed E-state index contributed by atoms with van der Waals surface area (Å²) in [6, 6.07) is 13.1. The number of piperazine rings is 1. The van der Waals surface area contributed by atoms with Crippen LogP contribution in [0.3, 0.4) is 0 Å². The fourth-order valence-corrected chi connectivity index (χ4v) is 3.20. The summed E-state index contributed by atoms with van der Waals surface area (Å²) < 4.78 is 32.0. The molecule has 0 aliphatic carbocycles. The topological polar surface area (TPSA) is 73.4 Å². The van der Waals surface area contributed by atoms with Crippen LogP contribution in [-0.2, 0) is 0 Å². The van der Waals surface area contributed by atoms with Gasteiger partial charge < -0.3 is 14.2 Å². The second-order valence-corrected chi connectivity index (χ2v) is 6.58. The minimum atomic E-state index is -0.391. The molecule has 2 aromatic carbocycles. The predicted octanol–water partition coefficient (Wildman–Crippen LogP) is 3.45. The summed E-state index contributed by atoms with van der Waals surface area (Å²) in [6.07, 6.45) is 0. The standard InChI is InChI=1S/C21H16F2N4O2/c22-16-5-1-14(2-6-16)19-25-18(13-24)21(29-19)27-11-9-26(10-12-27)20(28)15-3-7-17(23)8-4-15/h1-8H,9-12H2. The number of nitriles is 1. The number of anilines is 1. The van der Waals surface area contributed by atoms with Crippen LogP contribution in [-0.4, -0.2) is 42.0 Å². The minimum Gasteiger partial charge on any atom is -0.419 e. The van der Waals surface area contributed by atoms with E-state index in [0.717, 1.165) is 0 Å². The summed E-state index contributed by atoms with van der Waals surface area (Å²) in [5.41, 5.74) is 1.14. The Bertz CT molecular complexity index is 1060. The third kappa shape index (κ3) is 3.80. The number of benzene rings is 2. The van der Waals surface area contributed by atoms with Gasteiger partial charge in [-0.05, 0) is 48.5 Å². The third-order valence-corrected chi connectivity index (χ3v) is 4.75. The van der Waals surface area contributed by atoms with E-state index in [-0.39, 0.29) is 23.3 Å². The molecule has 146 valence electrons. The van der Waals surface area contributed by atoms with Crippen molar-refractivity contribution < 1.29 is 18.0 Å². The summed E-state index contributed by atoms with van der Waals surface area (Å²) in [4.78, 5) is 20.3. The molecular weight excluding hydrogens is 378 g/mol. The third-order valence-electron chi connectivity index (χ3n) is 4.75. The highest BCUT2D eigenvalue weighted by molar-refractivity contribution is 5.94.